The zero-order valence-corrected chi connectivity index (χ0v) is 11.8. The molecular formula is C11H17N3O5S. The quantitative estimate of drug-likeness (QED) is 0.581. The number of piperazine rings is 2. The normalized spacial score (nSPS) is 32.1. The van der Waals surface area contributed by atoms with E-state index >= 15 is 0 Å². The molecule has 1 N–H and O–H groups in total. The minimum Gasteiger partial charge on any atom is -0.380 e. The van der Waals surface area contributed by atoms with Crippen LogP contribution in [0.25, 0.3) is 0 Å². The molecule has 2 atom stereocenters. The van der Waals surface area contributed by atoms with E-state index < -0.39 is 27.1 Å². The number of fused-ring (bicyclic) bond motifs is 1. The summed E-state index contributed by atoms with van der Waals surface area (Å²) >= 11 is 0. The number of carbonyl (C=O) groups is 2. The van der Waals surface area contributed by atoms with Crippen molar-refractivity contribution >= 4 is 21.8 Å². The molecule has 3 aliphatic rings. The predicted octanol–water partition coefficient (Wildman–Crippen LogP) is -2.25. The first-order chi connectivity index (χ1) is 9.50. The van der Waals surface area contributed by atoms with E-state index in [0.29, 0.717) is 19.6 Å². The highest BCUT2D eigenvalue weighted by molar-refractivity contribution is 7.89. The van der Waals surface area contributed by atoms with E-state index in [1.165, 1.54) is 9.21 Å². The molecule has 3 aliphatic heterocycles. The van der Waals surface area contributed by atoms with Gasteiger partial charge in [-0.25, -0.2) is 8.42 Å². The first-order valence-corrected chi connectivity index (χ1v) is 8.16. The zero-order chi connectivity index (χ0) is 14.3. The molecule has 0 aromatic heterocycles. The third kappa shape index (κ3) is 2.19. The van der Waals surface area contributed by atoms with Gasteiger partial charge >= 0.3 is 11.8 Å². The molecule has 0 radical (unpaired) electrons. The van der Waals surface area contributed by atoms with Gasteiger partial charge in [0, 0.05) is 32.8 Å². The first-order valence-electron chi connectivity index (χ1n) is 6.65. The highest BCUT2D eigenvalue weighted by atomic mass is 32.2. The summed E-state index contributed by atoms with van der Waals surface area (Å²) in [6.07, 6.45) is 0.517. The predicted molar refractivity (Wildman–Crippen MR) is 68.2 cm³/mol. The van der Waals surface area contributed by atoms with Crippen LogP contribution < -0.4 is 5.32 Å². The summed E-state index contributed by atoms with van der Waals surface area (Å²) in [4.78, 5) is 24.5. The van der Waals surface area contributed by atoms with Gasteiger partial charge in [-0.1, -0.05) is 0 Å². The maximum absolute atomic E-state index is 12.5. The second-order valence-electron chi connectivity index (χ2n) is 5.25. The summed E-state index contributed by atoms with van der Waals surface area (Å²) in [5.41, 5.74) is 0. The van der Waals surface area contributed by atoms with Crippen LogP contribution in [-0.4, -0.2) is 80.1 Å². The van der Waals surface area contributed by atoms with Crippen molar-refractivity contribution in [3.8, 4) is 0 Å². The minimum atomic E-state index is -3.39. The number of nitrogens with one attached hydrogen (secondary N) is 1. The maximum atomic E-state index is 12.5. The molecule has 3 heterocycles. The van der Waals surface area contributed by atoms with Gasteiger partial charge in [0.1, 0.15) is 5.25 Å². The monoisotopic (exact) mass is 303 g/mol. The lowest BCUT2D eigenvalue weighted by molar-refractivity contribution is -0.151. The van der Waals surface area contributed by atoms with E-state index in [0.717, 1.165) is 0 Å². The van der Waals surface area contributed by atoms with Crippen LogP contribution in [0.3, 0.4) is 0 Å². The van der Waals surface area contributed by atoms with Crippen molar-refractivity contribution in [2.24, 2.45) is 0 Å². The summed E-state index contributed by atoms with van der Waals surface area (Å²) in [5, 5.41) is 2.01. The Kier molecular flexibility index (Phi) is 3.43. The van der Waals surface area contributed by atoms with Crippen LogP contribution in [0.2, 0.25) is 0 Å². The Bertz CT molecular complexity index is 528. The van der Waals surface area contributed by atoms with E-state index in [1.54, 1.807) is 0 Å². The molecule has 20 heavy (non-hydrogen) atoms. The largest absolute Gasteiger partial charge is 0.380 e. The molecule has 3 fully saturated rings. The molecule has 3 saturated heterocycles. The molecule has 3 rings (SSSR count). The highest BCUT2D eigenvalue weighted by Gasteiger charge is 2.43. The molecule has 112 valence electrons. The fraction of sp³-hybridized carbons (Fsp3) is 0.818. The molecule has 0 spiro atoms. The molecule has 9 heteroatoms. The van der Waals surface area contributed by atoms with Crippen LogP contribution >= 0.6 is 0 Å². The number of sulfonamides is 1. The summed E-state index contributed by atoms with van der Waals surface area (Å²) in [7, 11) is -3.39. The number of hydrogen-bond donors (Lipinski definition) is 1. The van der Waals surface area contributed by atoms with Gasteiger partial charge in [0.15, 0.2) is 0 Å². The SMILES string of the molecule is O=C1NCC2CN(S(=O)(=O)C3CCOC3)CCN2C1=O. The fourth-order valence-corrected chi connectivity index (χ4v) is 4.68. The Balaban J connectivity index is 1.73. The maximum Gasteiger partial charge on any atom is 0.312 e. The number of hydrogen-bond acceptors (Lipinski definition) is 5. The van der Waals surface area contributed by atoms with Gasteiger partial charge in [-0.15, -0.1) is 0 Å². The number of carbonyl (C=O) groups excluding carboxylic acids is 2. The number of nitrogens with zero attached hydrogens (tertiary/aromatic N) is 2. The van der Waals surface area contributed by atoms with E-state index in [1.807, 2.05) is 0 Å². The molecule has 0 bridgehead atoms. The second kappa shape index (κ2) is 4.97. The van der Waals surface area contributed by atoms with Gasteiger partial charge in [0.25, 0.3) is 0 Å². The van der Waals surface area contributed by atoms with Crippen LogP contribution in [0.4, 0.5) is 0 Å². The number of rotatable bonds is 2. The van der Waals surface area contributed by atoms with E-state index in [2.05, 4.69) is 5.32 Å². The fourth-order valence-electron chi connectivity index (χ4n) is 2.88. The smallest absolute Gasteiger partial charge is 0.312 e. The zero-order valence-electron chi connectivity index (χ0n) is 10.9. The molecule has 0 saturated carbocycles. The van der Waals surface area contributed by atoms with Crippen LogP contribution in [0.15, 0.2) is 0 Å². The number of amides is 2. The van der Waals surface area contributed by atoms with E-state index in [4.69, 9.17) is 4.74 Å². The summed E-state index contributed by atoms with van der Waals surface area (Å²) in [5.74, 6) is -1.18. The Labute approximate surface area is 117 Å². The van der Waals surface area contributed by atoms with Crippen molar-refractivity contribution in [2.45, 2.75) is 17.7 Å². The summed E-state index contributed by atoms with van der Waals surface area (Å²) in [6.45, 7) is 1.77. The van der Waals surface area contributed by atoms with Crippen molar-refractivity contribution in [3.63, 3.8) is 0 Å². The van der Waals surface area contributed by atoms with Gasteiger partial charge in [0.2, 0.25) is 10.0 Å². The lowest BCUT2D eigenvalue weighted by Gasteiger charge is -2.43. The van der Waals surface area contributed by atoms with E-state index in [9.17, 15) is 18.0 Å². The van der Waals surface area contributed by atoms with E-state index in [-0.39, 0.29) is 32.3 Å². The Morgan fingerprint density at radius 3 is 2.75 bits per heavy atom. The van der Waals surface area contributed by atoms with Gasteiger partial charge in [-0.3, -0.25) is 9.59 Å². The Hall–Kier alpha value is -1.19. The van der Waals surface area contributed by atoms with Gasteiger partial charge in [-0.2, -0.15) is 4.31 Å². The molecule has 2 amide bonds. The van der Waals surface area contributed by atoms with Crippen molar-refractivity contribution in [2.75, 3.05) is 39.4 Å². The van der Waals surface area contributed by atoms with Crippen molar-refractivity contribution in [1.29, 1.82) is 0 Å². The minimum absolute atomic E-state index is 0.239. The van der Waals surface area contributed by atoms with Crippen LogP contribution in [0, 0.1) is 0 Å². The van der Waals surface area contributed by atoms with Crippen LogP contribution in [0.1, 0.15) is 6.42 Å². The second-order valence-corrected chi connectivity index (χ2v) is 7.46. The van der Waals surface area contributed by atoms with Crippen molar-refractivity contribution < 1.29 is 22.7 Å². The average molecular weight is 303 g/mol. The Morgan fingerprint density at radius 1 is 1.25 bits per heavy atom. The highest BCUT2D eigenvalue weighted by Crippen LogP contribution is 2.22. The first kappa shape index (κ1) is 13.8. The standard InChI is InChI=1S/C11H17N3O5S/c15-10-11(16)14-3-2-13(6-8(14)5-12-10)20(17,18)9-1-4-19-7-9/h8-9H,1-7H2,(H,12,15). The van der Waals surface area contributed by atoms with Gasteiger partial charge in [-0.05, 0) is 6.42 Å². The third-order valence-electron chi connectivity index (χ3n) is 4.07. The molecule has 0 aromatic carbocycles. The molecular weight excluding hydrogens is 286 g/mol. The topological polar surface area (TPSA) is 96.0 Å². The van der Waals surface area contributed by atoms with Crippen molar-refractivity contribution in [3.05, 3.63) is 0 Å². The lowest BCUT2D eigenvalue weighted by atomic mass is 10.1. The van der Waals surface area contributed by atoms with Crippen LogP contribution in [-0.2, 0) is 24.3 Å². The van der Waals surface area contributed by atoms with Gasteiger partial charge < -0.3 is 15.0 Å². The molecule has 0 aromatic rings. The van der Waals surface area contributed by atoms with Crippen molar-refractivity contribution in [1.82, 2.24) is 14.5 Å². The molecule has 8 nitrogen and oxygen atoms in total. The lowest BCUT2D eigenvalue weighted by Crippen LogP contribution is -2.66. The average Bonchev–Trinajstić information content (AvgIpc) is 2.97. The Morgan fingerprint density at radius 2 is 2.05 bits per heavy atom. The summed E-state index contributed by atoms with van der Waals surface area (Å²) in [6, 6.07) is -0.272. The molecule has 0 aliphatic carbocycles. The third-order valence-corrected chi connectivity index (χ3v) is 6.33. The van der Waals surface area contributed by atoms with Crippen LogP contribution in [0.5, 0.6) is 0 Å². The molecule has 2 unspecified atom stereocenters. The van der Waals surface area contributed by atoms with Gasteiger partial charge in [0.05, 0.1) is 12.6 Å². The summed E-state index contributed by atoms with van der Waals surface area (Å²) < 4.78 is 31.5. The number of ether oxygens (including phenoxy) is 1.